The van der Waals surface area contributed by atoms with Crippen molar-refractivity contribution in [3.63, 3.8) is 0 Å². The molecule has 0 bridgehead atoms. The standard InChI is InChI=1S/C16H10N2/c1-2-6-12-11(5-1)13-7-3-9-17-15(13)16-14(12)8-4-10-18-16/h1-10H/i1D. The van der Waals surface area contributed by atoms with Crippen LogP contribution in [0.15, 0.2) is 60.9 Å². The van der Waals surface area contributed by atoms with Gasteiger partial charge in [-0.05, 0) is 22.9 Å². The molecule has 0 saturated carbocycles. The number of aromatic nitrogens is 2. The van der Waals surface area contributed by atoms with E-state index in [9.17, 15) is 0 Å². The summed E-state index contributed by atoms with van der Waals surface area (Å²) in [5, 5.41) is 4.33. The molecular weight excluding hydrogens is 220 g/mol. The van der Waals surface area contributed by atoms with Crippen LogP contribution in [0.3, 0.4) is 0 Å². The van der Waals surface area contributed by atoms with Crippen LogP contribution in [0.25, 0.3) is 32.6 Å². The van der Waals surface area contributed by atoms with Crippen LogP contribution >= 0.6 is 0 Å². The Bertz CT molecular complexity index is 896. The average Bonchev–Trinajstić information content (AvgIpc) is 2.47. The van der Waals surface area contributed by atoms with Crippen LogP contribution in [0.2, 0.25) is 0 Å². The summed E-state index contributed by atoms with van der Waals surface area (Å²) in [5.74, 6) is 0. The lowest BCUT2D eigenvalue weighted by atomic mass is 10.0. The second-order valence-electron chi connectivity index (χ2n) is 4.27. The largest absolute Gasteiger partial charge is 0.254 e. The first-order chi connectivity index (χ1) is 9.34. The lowest BCUT2D eigenvalue weighted by Crippen LogP contribution is -1.87. The fraction of sp³-hybridized carbons (Fsp3) is 0. The molecule has 2 aromatic heterocycles. The van der Waals surface area contributed by atoms with E-state index >= 15 is 0 Å². The molecule has 84 valence electrons. The maximum absolute atomic E-state index is 7.82. The monoisotopic (exact) mass is 231 g/mol. The van der Waals surface area contributed by atoms with E-state index in [4.69, 9.17) is 1.37 Å². The number of hydrogen-bond donors (Lipinski definition) is 0. The zero-order chi connectivity index (χ0) is 12.8. The van der Waals surface area contributed by atoms with Crippen LogP contribution in [-0.2, 0) is 0 Å². The van der Waals surface area contributed by atoms with Crippen LogP contribution in [0.5, 0.6) is 0 Å². The molecule has 4 aromatic rings. The Morgan fingerprint density at radius 2 is 1.22 bits per heavy atom. The van der Waals surface area contributed by atoms with E-state index in [1.165, 1.54) is 0 Å². The van der Waals surface area contributed by atoms with Gasteiger partial charge in [0, 0.05) is 23.2 Å². The summed E-state index contributed by atoms with van der Waals surface area (Å²) in [5.41, 5.74) is 1.82. The van der Waals surface area contributed by atoms with Crippen molar-refractivity contribution in [3.05, 3.63) is 60.9 Å². The van der Waals surface area contributed by atoms with Crippen molar-refractivity contribution in [1.29, 1.82) is 0 Å². The van der Waals surface area contributed by atoms with E-state index in [-0.39, 0.29) is 0 Å². The van der Waals surface area contributed by atoms with E-state index in [1.807, 2.05) is 36.4 Å². The van der Waals surface area contributed by atoms with Crippen molar-refractivity contribution in [3.8, 4) is 0 Å². The zero-order valence-electron chi connectivity index (χ0n) is 10.6. The second kappa shape index (κ2) is 3.50. The Morgan fingerprint density at radius 1 is 0.667 bits per heavy atom. The summed E-state index contributed by atoms with van der Waals surface area (Å²) in [7, 11) is 0. The van der Waals surface area contributed by atoms with Crippen LogP contribution < -0.4 is 0 Å². The Labute approximate surface area is 105 Å². The number of pyridine rings is 2. The molecule has 4 rings (SSSR count). The molecule has 0 aliphatic heterocycles. The number of nitrogens with zero attached hydrogens (tertiary/aromatic N) is 2. The van der Waals surface area contributed by atoms with Gasteiger partial charge in [0.05, 0.1) is 12.4 Å². The summed E-state index contributed by atoms with van der Waals surface area (Å²) < 4.78 is 7.82. The van der Waals surface area contributed by atoms with Crippen molar-refractivity contribution in [1.82, 2.24) is 9.97 Å². The maximum atomic E-state index is 7.82. The Hall–Kier alpha value is -2.48. The SMILES string of the molecule is [2H]c1ccc2c(c1)c1cccnc1c1ncccc21. The Kier molecular flexibility index (Phi) is 1.67. The maximum Gasteiger partial charge on any atom is 0.0970 e. The molecule has 0 saturated heterocycles. The molecule has 0 radical (unpaired) electrons. The van der Waals surface area contributed by atoms with Gasteiger partial charge in [0.2, 0.25) is 0 Å². The highest BCUT2D eigenvalue weighted by atomic mass is 14.7. The smallest absolute Gasteiger partial charge is 0.0970 e. The zero-order valence-corrected chi connectivity index (χ0v) is 9.59. The lowest BCUT2D eigenvalue weighted by Gasteiger charge is -2.07. The van der Waals surface area contributed by atoms with Crippen molar-refractivity contribution in [2.24, 2.45) is 0 Å². The van der Waals surface area contributed by atoms with Gasteiger partial charge in [-0.2, -0.15) is 0 Å². The second-order valence-corrected chi connectivity index (χ2v) is 4.27. The van der Waals surface area contributed by atoms with Crippen LogP contribution in [0.1, 0.15) is 1.37 Å². The molecule has 2 nitrogen and oxygen atoms in total. The quantitative estimate of drug-likeness (QED) is 0.428. The third-order valence-corrected chi connectivity index (χ3v) is 3.28. The van der Waals surface area contributed by atoms with E-state index in [0.717, 1.165) is 32.6 Å². The van der Waals surface area contributed by atoms with Gasteiger partial charge >= 0.3 is 0 Å². The molecule has 2 aromatic carbocycles. The van der Waals surface area contributed by atoms with Gasteiger partial charge in [-0.1, -0.05) is 36.4 Å². The van der Waals surface area contributed by atoms with Gasteiger partial charge < -0.3 is 0 Å². The number of benzene rings is 2. The molecule has 0 unspecified atom stereocenters. The normalized spacial score (nSPS) is 12.1. The summed E-state index contributed by atoms with van der Waals surface area (Å²) in [6, 6.07) is 14.2. The minimum absolute atomic E-state index is 0.515. The minimum Gasteiger partial charge on any atom is -0.254 e. The molecule has 2 heteroatoms. The third-order valence-electron chi connectivity index (χ3n) is 3.28. The number of rotatable bonds is 0. The fourth-order valence-corrected chi connectivity index (χ4v) is 2.51. The Balaban J connectivity index is 2.43. The topological polar surface area (TPSA) is 25.8 Å². The molecule has 0 fully saturated rings. The van der Waals surface area contributed by atoms with Crippen molar-refractivity contribution < 1.29 is 1.37 Å². The molecule has 0 amide bonds. The van der Waals surface area contributed by atoms with E-state index in [2.05, 4.69) is 16.0 Å². The number of hydrogen-bond acceptors (Lipinski definition) is 2. The number of fused-ring (bicyclic) bond motifs is 6. The van der Waals surface area contributed by atoms with Crippen molar-refractivity contribution >= 4 is 32.6 Å². The summed E-state index contributed by atoms with van der Waals surface area (Å²) in [6.07, 6.45) is 3.58. The highest BCUT2D eigenvalue weighted by Gasteiger charge is 2.08. The first kappa shape index (κ1) is 8.59. The molecule has 18 heavy (non-hydrogen) atoms. The van der Waals surface area contributed by atoms with Gasteiger partial charge in [0.1, 0.15) is 0 Å². The van der Waals surface area contributed by atoms with Gasteiger partial charge in [0.15, 0.2) is 0 Å². The molecule has 0 atom stereocenters. The van der Waals surface area contributed by atoms with E-state index < -0.39 is 0 Å². The summed E-state index contributed by atoms with van der Waals surface area (Å²) in [4.78, 5) is 8.94. The predicted octanol–water partition coefficient (Wildman–Crippen LogP) is 3.94. The lowest BCUT2D eigenvalue weighted by molar-refractivity contribution is 1.38. The molecule has 0 aliphatic rings. The van der Waals surface area contributed by atoms with E-state index in [1.54, 1.807) is 12.4 Å². The Morgan fingerprint density at radius 3 is 1.89 bits per heavy atom. The first-order valence-electron chi connectivity index (χ1n) is 6.36. The average molecular weight is 231 g/mol. The predicted molar refractivity (Wildman–Crippen MR) is 74.6 cm³/mol. The molecule has 0 spiro atoms. The summed E-state index contributed by atoms with van der Waals surface area (Å²) >= 11 is 0. The molecule has 2 heterocycles. The van der Waals surface area contributed by atoms with Gasteiger partial charge in [-0.25, -0.2) is 0 Å². The van der Waals surface area contributed by atoms with Crippen molar-refractivity contribution in [2.45, 2.75) is 0 Å². The van der Waals surface area contributed by atoms with Gasteiger partial charge in [-0.15, -0.1) is 0 Å². The van der Waals surface area contributed by atoms with Crippen LogP contribution in [-0.4, -0.2) is 9.97 Å². The molecule has 0 aliphatic carbocycles. The minimum atomic E-state index is 0.515. The third kappa shape index (κ3) is 1.17. The highest BCUT2D eigenvalue weighted by Crippen LogP contribution is 2.31. The summed E-state index contributed by atoms with van der Waals surface area (Å²) in [6.45, 7) is 0. The van der Waals surface area contributed by atoms with Gasteiger partial charge in [0.25, 0.3) is 0 Å². The van der Waals surface area contributed by atoms with Crippen LogP contribution in [0, 0.1) is 0 Å². The van der Waals surface area contributed by atoms with Crippen molar-refractivity contribution in [2.75, 3.05) is 0 Å². The van der Waals surface area contributed by atoms with Gasteiger partial charge in [-0.3, -0.25) is 9.97 Å². The van der Waals surface area contributed by atoms with Crippen LogP contribution in [0.4, 0.5) is 0 Å². The highest BCUT2D eigenvalue weighted by molar-refractivity contribution is 6.22. The fourth-order valence-electron chi connectivity index (χ4n) is 2.51. The first-order valence-corrected chi connectivity index (χ1v) is 5.86. The molecule has 0 N–H and O–H groups in total. The van der Waals surface area contributed by atoms with E-state index in [0.29, 0.717) is 6.04 Å². The molecular formula is C16H10N2.